The number of piperidine rings is 1. The summed E-state index contributed by atoms with van der Waals surface area (Å²) in [6, 6.07) is 8.16. The molecule has 4 rings (SSSR count). The van der Waals surface area contributed by atoms with E-state index in [2.05, 4.69) is 39.2 Å². The Morgan fingerprint density at radius 2 is 2.20 bits per heavy atom. The molecule has 1 aromatic carbocycles. The van der Waals surface area contributed by atoms with Crippen molar-refractivity contribution in [3.05, 3.63) is 53.5 Å². The summed E-state index contributed by atoms with van der Waals surface area (Å²) >= 11 is 0. The fourth-order valence-electron chi connectivity index (χ4n) is 3.60. The second-order valence-corrected chi connectivity index (χ2v) is 6.71. The number of rotatable bonds is 3. The highest BCUT2D eigenvalue weighted by Crippen LogP contribution is 2.29. The number of fused-ring (bicyclic) bond motifs is 1. The van der Waals surface area contributed by atoms with Crippen molar-refractivity contribution in [1.29, 1.82) is 0 Å². The highest BCUT2D eigenvalue weighted by atomic mass is 16.2. The number of amides is 1. The van der Waals surface area contributed by atoms with Gasteiger partial charge in [0.1, 0.15) is 5.52 Å². The molecule has 25 heavy (non-hydrogen) atoms. The number of aromatic amines is 1. The summed E-state index contributed by atoms with van der Waals surface area (Å²) in [6.07, 6.45) is 5.81. The van der Waals surface area contributed by atoms with E-state index in [-0.39, 0.29) is 11.8 Å². The molecule has 1 fully saturated rings. The Balaban J connectivity index is 1.50. The number of hydrogen-bond acceptors (Lipinski definition) is 4. The van der Waals surface area contributed by atoms with Crippen molar-refractivity contribution in [3.63, 3.8) is 0 Å². The summed E-state index contributed by atoms with van der Waals surface area (Å²) in [4.78, 5) is 23.3. The number of H-pyrrole nitrogens is 1. The van der Waals surface area contributed by atoms with E-state index in [9.17, 15) is 4.79 Å². The molecule has 1 saturated heterocycles. The van der Waals surface area contributed by atoms with E-state index in [1.807, 2.05) is 17.0 Å². The molecule has 1 atom stereocenters. The van der Waals surface area contributed by atoms with Crippen LogP contribution < -0.4 is 0 Å². The first-order valence-electron chi connectivity index (χ1n) is 8.69. The molecule has 1 N–H and O–H groups in total. The van der Waals surface area contributed by atoms with Gasteiger partial charge in [0.25, 0.3) is 0 Å². The zero-order chi connectivity index (χ0) is 17.2. The molecule has 0 spiro atoms. The monoisotopic (exact) mass is 335 g/mol. The van der Waals surface area contributed by atoms with Crippen LogP contribution in [0.25, 0.3) is 11.2 Å². The maximum Gasteiger partial charge on any atom is 0.227 e. The lowest BCUT2D eigenvalue weighted by Gasteiger charge is -2.32. The second kappa shape index (κ2) is 6.63. The normalized spacial score (nSPS) is 17.8. The third-order valence-corrected chi connectivity index (χ3v) is 4.84. The van der Waals surface area contributed by atoms with Gasteiger partial charge in [-0.05, 0) is 25.3 Å². The maximum absolute atomic E-state index is 12.7. The Hall–Kier alpha value is -2.76. The van der Waals surface area contributed by atoms with E-state index in [1.54, 1.807) is 12.4 Å². The number of aromatic nitrogens is 4. The maximum atomic E-state index is 12.7. The predicted molar refractivity (Wildman–Crippen MR) is 95.1 cm³/mol. The summed E-state index contributed by atoms with van der Waals surface area (Å²) in [5.41, 5.74) is 4.71. The number of carbonyl (C=O) groups is 1. The first-order valence-corrected chi connectivity index (χ1v) is 8.69. The number of aryl methyl sites for hydroxylation is 1. The quantitative estimate of drug-likeness (QED) is 0.798. The number of benzene rings is 1. The van der Waals surface area contributed by atoms with Gasteiger partial charge in [0.05, 0.1) is 12.1 Å². The molecule has 3 aromatic rings. The molecule has 128 valence electrons. The van der Waals surface area contributed by atoms with E-state index < -0.39 is 0 Å². The Labute approximate surface area is 146 Å². The third-order valence-electron chi connectivity index (χ3n) is 4.84. The first-order chi connectivity index (χ1) is 12.2. The van der Waals surface area contributed by atoms with Crippen LogP contribution in [0.15, 0.2) is 36.7 Å². The summed E-state index contributed by atoms with van der Waals surface area (Å²) < 4.78 is 0. The van der Waals surface area contributed by atoms with Crippen LogP contribution in [0.3, 0.4) is 0 Å². The van der Waals surface area contributed by atoms with Crippen LogP contribution in [-0.4, -0.2) is 44.1 Å². The van der Waals surface area contributed by atoms with Crippen LogP contribution in [0.1, 0.15) is 35.6 Å². The molecule has 3 heterocycles. The number of likely N-dealkylation sites (tertiary alicyclic amines) is 1. The molecule has 1 aliphatic rings. The van der Waals surface area contributed by atoms with Crippen LogP contribution >= 0.6 is 0 Å². The van der Waals surface area contributed by atoms with E-state index in [0.717, 1.165) is 36.2 Å². The van der Waals surface area contributed by atoms with Gasteiger partial charge in [-0.25, -0.2) is 9.97 Å². The summed E-state index contributed by atoms with van der Waals surface area (Å²) in [7, 11) is 0. The van der Waals surface area contributed by atoms with E-state index in [0.29, 0.717) is 18.6 Å². The molecule has 1 amide bonds. The summed E-state index contributed by atoms with van der Waals surface area (Å²) in [6.45, 7) is 3.58. The van der Waals surface area contributed by atoms with Crippen molar-refractivity contribution in [2.75, 3.05) is 13.1 Å². The Kier molecular flexibility index (Phi) is 4.17. The van der Waals surface area contributed by atoms with Crippen LogP contribution in [0.5, 0.6) is 0 Å². The van der Waals surface area contributed by atoms with Gasteiger partial charge in [-0.15, -0.1) is 0 Å². The van der Waals surface area contributed by atoms with Gasteiger partial charge in [-0.3, -0.25) is 9.89 Å². The Morgan fingerprint density at radius 1 is 1.32 bits per heavy atom. The van der Waals surface area contributed by atoms with E-state index in [4.69, 9.17) is 0 Å². The molecule has 0 saturated carbocycles. The smallest absolute Gasteiger partial charge is 0.227 e. The molecule has 0 radical (unpaired) electrons. The molecule has 6 nitrogen and oxygen atoms in total. The summed E-state index contributed by atoms with van der Waals surface area (Å²) in [5, 5.41) is 7.33. The first kappa shape index (κ1) is 15.7. The molecular weight excluding hydrogens is 314 g/mol. The fourth-order valence-corrected chi connectivity index (χ4v) is 3.60. The zero-order valence-corrected chi connectivity index (χ0v) is 14.3. The second-order valence-electron chi connectivity index (χ2n) is 6.71. The van der Waals surface area contributed by atoms with Crippen LogP contribution in [-0.2, 0) is 11.2 Å². The topological polar surface area (TPSA) is 74.8 Å². The molecule has 0 bridgehead atoms. The largest absolute Gasteiger partial charge is 0.342 e. The molecule has 0 unspecified atom stereocenters. The van der Waals surface area contributed by atoms with E-state index >= 15 is 0 Å². The highest BCUT2D eigenvalue weighted by Gasteiger charge is 2.27. The van der Waals surface area contributed by atoms with Gasteiger partial charge >= 0.3 is 0 Å². The SMILES string of the molecule is Cc1cccc(CC(=O)N2CCC[C@H](c3[nH]nc4nccnc34)C2)c1. The average Bonchev–Trinajstić information content (AvgIpc) is 3.06. The van der Waals surface area contributed by atoms with Crippen molar-refractivity contribution in [2.45, 2.75) is 32.1 Å². The minimum absolute atomic E-state index is 0.185. The standard InChI is InChI=1S/C19H21N5O/c1-13-4-2-5-14(10-13)11-16(25)24-9-3-6-15(12-24)17-18-19(23-22-17)21-8-7-20-18/h2,4-5,7-8,10,15H,3,6,9,11-12H2,1H3,(H,21,22,23)/t15-/m0/s1. The van der Waals surface area contributed by atoms with Gasteiger partial charge in [0.15, 0.2) is 5.65 Å². The Morgan fingerprint density at radius 3 is 3.08 bits per heavy atom. The molecule has 6 heteroatoms. The average molecular weight is 335 g/mol. The predicted octanol–water partition coefficient (Wildman–Crippen LogP) is 2.61. The van der Waals surface area contributed by atoms with Crippen LogP contribution in [0.2, 0.25) is 0 Å². The number of carbonyl (C=O) groups excluding carboxylic acids is 1. The third kappa shape index (κ3) is 3.24. The highest BCUT2D eigenvalue weighted by molar-refractivity contribution is 5.79. The lowest BCUT2D eigenvalue weighted by Crippen LogP contribution is -2.40. The van der Waals surface area contributed by atoms with Gasteiger partial charge in [-0.1, -0.05) is 29.8 Å². The van der Waals surface area contributed by atoms with E-state index in [1.165, 1.54) is 5.56 Å². The van der Waals surface area contributed by atoms with Crippen molar-refractivity contribution in [2.24, 2.45) is 0 Å². The lowest BCUT2D eigenvalue weighted by atomic mass is 9.94. The fraction of sp³-hybridized carbons (Fsp3) is 0.368. The van der Waals surface area contributed by atoms with Crippen molar-refractivity contribution in [3.8, 4) is 0 Å². The van der Waals surface area contributed by atoms with Gasteiger partial charge < -0.3 is 4.90 Å². The number of nitrogens with zero attached hydrogens (tertiary/aromatic N) is 4. The van der Waals surface area contributed by atoms with Crippen molar-refractivity contribution >= 4 is 17.1 Å². The van der Waals surface area contributed by atoms with Crippen LogP contribution in [0.4, 0.5) is 0 Å². The van der Waals surface area contributed by atoms with Gasteiger partial charge in [0, 0.05) is 31.4 Å². The molecule has 1 aliphatic heterocycles. The minimum Gasteiger partial charge on any atom is -0.342 e. The van der Waals surface area contributed by atoms with Crippen molar-refractivity contribution < 1.29 is 4.79 Å². The lowest BCUT2D eigenvalue weighted by molar-refractivity contribution is -0.131. The van der Waals surface area contributed by atoms with Crippen molar-refractivity contribution in [1.82, 2.24) is 25.1 Å². The number of hydrogen-bond donors (Lipinski definition) is 1. The molecular formula is C19H21N5O. The minimum atomic E-state index is 0.185. The zero-order valence-electron chi connectivity index (χ0n) is 14.3. The van der Waals surface area contributed by atoms with Gasteiger partial charge in [-0.2, -0.15) is 5.10 Å². The Bertz CT molecular complexity index is 903. The molecule has 0 aliphatic carbocycles. The molecule has 2 aromatic heterocycles. The van der Waals surface area contributed by atoms with Gasteiger partial charge in [0.2, 0.25) is 5.91 Å². The summed E-state index contributed by atoms with van der Waals surface area (Å²) in [5.74, 6) is 0.419. The number of nitrogens with one attached hydrogen (secondary N) is 1. The van der Waals surface area contributed by atoms with Crippen LogP contribution in [0, 0.1) is 6.92 Å².